The van der Waals surface area contributed by atoms with E-state index in [1.54, 1.807) is 23.9 Å². The van der Waals surface area contributed by atoms with Crippen LogP contribution in [0, 0.1) is 0 Å². The Balaban J connectivity index is 2.53. The largest absolute Gasteiger partial charge is 0.391 e. The van der Waals surface area contributed by atoms with Gasteiger partial charge in [-0.25, -0.2) is 0 Å². The molecule has 0 saturated carbocycles. The topological polar surface area (TPSA) is 58.6 Å². The van der Waals surface area contributed by atoms with Crippen LogP contribution in [0.5, 0.6) is 0 Å². The summed E-state index contributed by atoms with van der Waals surface area (Å²) >= 11 is 7.55. The molecular formula is C13H18ClNO3S. The standard InChI is InChI=1S/C13H18ClNO3S/c1-18-8-9(16)5-6-15-13(17)11-7-10(19-2)3-4-12(11)14/h3-4,7,9,16H,5-6,8H2,1-2H3,(H,15,17). The Bertz CT molecular complexity index is 428. The summed E-state index contributed by atoms with van der Waals surface area (Å²) in [5.74, 6) is -0.231. The number of ether oxygens (including phenoxy) is 1. The molecule has 0 saturated heterocycles. The third-order valence-electron chi connectivity index (χ3n) is 2.54. The highest BCUT2D eigenvalue weighted by molar-refractivity contribution is 7.98. The van der Waals surface area contributed by atoms with Crippen LogP contribution in [0.3, 0.4) is 0 Å². The number of hydrogen-bond acceptors (Lipinski definition) is 4. The molecule has 0 radical (unpaired) electrons. The summed E-state index contributed by atoms with van der Waals surface area (Å²) in [7, 11) is 1.52. The second kappa shape index (κ2) is 8.43. The molecule has 106 valence electrons. The molecule has 0 aliphatic rings. The molecular weight excluding hydrogens is 286 g/mol. The summed E-state index contributed by atoms with van der Waals surface area (Å²) in [5.41, 5.74) is 0.453. The zero-order valence-corrected chi connectivity index (χ0v) is 12.6. The van der Waals surface area contributed by atoms with Crippen molar-refractivity contribution in [1.29, 1.82) is 0 Å². The number of halogens is 1. The minimum atomic E-state index is -0.571. The Morgan fingerprint density at radius 3 is 2.95 bits per heavy atom. The second-order valence-corrected chi connectivity index (χ2v) is 5.29. The molecule has 0 spiro atoms. The average Bonchev–Trinajstić information content (AvgIpc) is 2.39. The summed E-state index contributed by atoms with van der Waals surface area (Å²) < 4.78 is 4.81. The first-order chi connectivity index (χ1) is 9.08. The molecule has 1 aromatic carbocycles. The Morgan fingerprint density at radius 1 is 1.58 bits per heavy atom. The van der Waals surface area contributed by atoms with Crippen LogP contribution in [0.15, 0.2) is 23.1 Å². The SMILES string of the molecule is COCC(O)CCNC(=O)c1cc(SC)ccc1Cl. The Morgan fingerprint density at radius 2 is 2.32 bits per heavy atom. The molecule has 1 aromatic rings. The minimum Gasteiger partial charge on any atom is -0.391 e. The van der Waals surface area contributed by atoms with Gasteiger partial charge in [0.05, 0.1) is 23.3 Å². The molecule has 0 aliphatic heterocycles. The number of rotatable bonds is 7. The van der Waals surface area contributed by atoms with Crippen LogP contribution in [-0.2, 0) is 4.74 Å². The van der Waals surface area contributed by atoms with E-state index in [2.05, 4.69) is 5.32 Å². The Labute approximate surface area is 122 Å². The summed E-state index contributed by atoms with van der Waals surface area (Å²) in [6, 6.07) is 5.34. The van der Waals surface area contributed by atoms with Crippen LogP contribution in [0.2, 0.25) is 5.02 Å². The molecule has 2 N–H and O–H groups in total. The first-order valence-electron chi connectivity index (χ1n) is 5.87. The maximum absolute atomic E-state index is 12.0. The molecule has 4 nitrogen and oxygen atoms in total. The van der Waals surface area contributed by atoms with Gasteiger partial charge in [0.25, 0.3) is 5.91 Å². The number of aliphatic hydroxyl groups is 1. The fraction of sp³-hybridized carbons (Fsp3) is 0.462. The average molecular weight is 304 g/mol. The zero-order valence-electron chi connectivity index (χ0n) is 11.0. The number of thioether (sulfide) groups is 1. The number of carbonyl (C=O) groups is 1. The number of carbonyl (C=O) groups excluding carboxylic acids is 1. The van der Waals surface area contributed by atoms with E-state index < -0.39 is 6.10 Å². The van der Waals surface area contributed by atoms with Crippen molar-refractivity contribution in [3.63, 3.8) is 0 Å². The van der Waals surface area contributed by atoms with Gasteiger partial charge in [0.1, 0.15) is 0 Å². The fourth-order valence-corrected chi connectivity index (χ4v) is 2.17. The van der Waals surface area contributed by atoms with Gasteiger partial charge in [0.2, 0.25) is 0 Å². The molecule has 0 aliphatic carbocycles. The predicted octanol–water partition coefficient (Wildman–Crippen LogP) is 2.19. The molecule has 1 unspecified atom stereocenters. The van der Waals surface area contributed by atoms with Crippen LogP contribution < -0.4 is 5.32 Å². The Hall–Kier alpha value is -0.750. The molecule has 0 fully saturated rings. The van der Waals surface area contributed by atoms with Crippen molar-refractivity contribution in [3.8, 4) is 0 Å². The van der Waals surface area contributed by atoms with Gasteiger partial charge in [-0.1, -0.05) is 11.6 Å². The minimum absolute atomic E-state index is 0.231. The Kier molecular flexibility index (Phi) is 7.23. The quantitative estimate of drug-likeness (QED) is 0.758. The molecule has 1 amide bonds. The monoisotopic (exact) mass is 303 g/mol. The van der Waals surface area contributed by atoms with Crippen LogP contribution in [-0.4, -0.2) is 43.6 Å². The highest BCUT2D eigenvalue weighted by atomic mass is 35.5. The third-order valence-corrected chi connectivity index (χ3v) is 3.60. The lowest BCUT2D eigenvalue weighted by Gasteiger charge is -2.11. The van der Waals surface area contributed by atoms with Crippen molar-refractivity contribution in [1.82, 2.24) is 5.32 Å². The molecule has 0 heterocycles. The third kappa shape index (κ3) is 5.40. The van der Waals surface area contributed by atoms with E-state index in [4.69, 9.17) is 16.3 Å². The van der Waals surface area contributed by atoms with Crippen molar-refractivity contribution in [2.75, 3.05) is 26.5 Å². The summed E-state index contributed by atoms with van der Waals surface area (Å²) in [5, 5.41) is 12.6. The van der Waals surface area contributed by atoms with Gasteiger partial charge in [-0.15, -0.1) is 11.8 Å². The van der Waals surface area contributed by atoms with Gasteiger partial charge < -0.3 is 15.2 Å². The number of hydrogen-bond donors (Lipinski definition) is 2. The van der Waals surface area contributed by atoms with E-state index in [0.717, 1.165) is 4.90 Å². The van der Waals surface area contributed by atoms with Crippen LogP contribution in [0.1, 0.15) is 16.8 Å². The van der Waals surface area contributed by atoms with Crippen molar-refractivity contribution >= 4 is 29.3 Å². The molecule has 0 bridgehead atoms. The first-order valence-corrected chi connectivity index (χ1v) is 7.47. The van der Waals surface area contributed by atoms with Crippen molar-refractivity contribution < 1.29 is 14.6 Å². The molecule has 0 aromatic heterocycles. The number of amides is 1. The maximum Gasteiger partial charge on any atom is 0.252 e. The van der Waals surface area contributed by atoms with Crippen molar-refractivity contribution in [2.24, 2.45) is 0 Å². The molecule has 1 rings (SSSR count). The fourth-order valence-electron chi connectivity index (χ4n) is 1.53. The van der Waals surface area contributed by atoms with Gasteiger partial charge in [0.15, 0.2) is 0 Å². The van der Waals surface area contributed by atoms with Gasteiger partial charge in [-0.2, -0.15) is 0 Å². The van der Waals surface area contributed by atoms with E-state index in [1.807, 2.05) is 12.3 Å². The summed E-state index contributed by atoms with van der Waals surface area (Å²) in [6.45, 7) is 0.641. The first kappa shape index (κ1) is 16.3. The number of nitrogens with one attached hydrogen (secondary N) is 1. The maximum atomic E-state index is 12.0. The number of aliphatic hydroxyl groups excluding tert-OH is 1. The van der Waals surface area contributed by atoms with E-state index in [0.29, 0.717) is 23.6 Å². The lowest BCUT2D eigenvalue weighted by atomic mass is 10.2. The highest BCUT2D eigenvalue weighted by Gasteiger charge is 2.11. The van der Waals surface area contributed by atoms with Crippen LogP contribution in [0.25, 0.3) is 0 Å². The van der Waals surface area contributed by atoms with Crippen LogP contribution >= 0.6 is 23.4 Å². The number of methoxy groups -OCH3 is 1. The number of benzene rings is 1. The lowest BCUT2D eigenvalue weighted by Crippen LogP contribution is -2.28. The van der Waals surface area contributed by atoms with Crippen molar-refractivity contribution in [3.05, 3.63) is 28.8 Å². The molecule has 1 atom stereocenters. The zero-order chi connectivity index (χ0) is 14.3. The van der Waals surface area contributed by atoms with Crippen molar-refractivity contribution in [2.45, 2.75) is 17.4 Å². The van der Waals surface area contributed by atoms with Gasteiger partial charge in [-0.3, -0.25) is 4.79 Å². The molecule has 19 heavy (non-hydrogen) atoms. The normalized spacial score (nSPS) is 12.2. The van der Waals surface area contributed by atoms with E-state index in [1.165, 1.54) is 7.11 Å². The van der Waals surface area contributed by atoms with E-state index in [-0.39, 0.29) is 12.5 Å². The predicted molar refractivity (Wildman–Crippen MR) is 78.1 cm³/mol. The summed E-state index contributed by atoms with van der Waals surface area (Å²) in [4.78, 5) is 12.9. The lowest BCUT2D eigenvalue weighted by molar-refractivity contribution is 0.0587. The molecule has 6 heteroatoms. The van der Waals surface area contributed by atoms with E-state index >= 15 is 0 Å². The van der Waals surface area contributed by atoms with E-state index in [9.17, 15) is 9.90 Å². The van der Waals surface area contributed by atoms with Gasteiger partial charge in [-0.05, 0) is 30.9 Å². The second-order valence-electron chi connectivity index (χ2n) is 4.00. The smallest absolute Gasteiger partial charge is 0.252 e. The van der Waals surface area contributed by atoms with Gasteiger partial charge in [0, 0.05) is 18.6 Å². The van der Waals surface area contributed by atoms with Gasteiger partial charge >= 0.3 is 0 Å². The summed E-state index contributed by atoms with van der Waals surface area (Å²) in [6.07, 6.45) is 1.81. The van der Waals surface area contributed by atoms with Crippen LogP contribution in [0.4, 0.5) is 0 Å². The highest BCUT2D eigenvalue weighted by Crippen LogP contribution is 2.22.